The molecule has 0 unspecified atom stereocenters. The third kappa shape index (κ3) is 5.44. The number of benzene rings is 1. The van der Waals surface area contributed by atoms with Crippen LogP contribution < -0.4 is 0 Å². The summed E-state index contributed by atoms with van der Waals surface area (Å²) < 4.78 is 11.4. The monoisotopic (exact) mass is 300 g/mol. The topological polar surface area (TPSA) is 35.5 Å². The van der Waals surface area contributed by atoms with E-state index < -0.39 is 0 Å². The van der Waals surface area contributed by atoms with Gasteiger partial charge in [0.2, 0.25) is 0 Å². The van der Waals surface area contributed by atoms with Crippen LogP contribution in [0, 0.1) is 0 Å². The lowest BCUT2D eigenvalue weighted by Crippen LogP contribution is -2.14. The zero-order valence-corrected chi connectivity index (χ0v) is 11.7. The SMILES string of the molecule is CC(C)OCCOCC(=O)c1ccccc1Br. The quantitative estimate of drug-likeness (QED) is 0.573. The number of hydrogen-bond acceptors (Lipinski definition) is 3. The summed E-state index contributed by atoms with van der Waals surface area (Å²) in [7, 11) is 0. The summed E-state index contributed by atoms with van der Waals surface area (Å²) in [5, 5.41) is 0. The molecule has 3 nitrogen and oxygen atoms in total. The van der Waals surface area contributed by atoms with Gasteiger partial charge in [-0.25, -0.2) is 0 Å². The molecule has 0 spiro atoms. The molecule has 0 fully saturated rings. The maximum atomic E-state index is 11.8. The summed E-state index contributed by atoms with van der Waals surface area (Å²) in [6.07, 6.45) is 0.192. The minimum Gasteiger partial charge on any atom is -0.376 e. The molecule has 4 heteroatoms. The smallest absolute Gasteiger partial charge is 0.189 e. The van der Waals surface area contributed by atoms with Crippen LogP contribution in [-0.4, -0.2) is 31.7 Å². The van der Waals surface area contributed by atoms with Gasteiger partial charge in [0.1, 0.15) is 6.61 Å². The van der Waals surface area contributed by atoms with E-state index in [0.29, 0.717) is 18.8 Å². The van der Waals surface area contributed by atoms with E-state index in [1.165, 1.54) is 0 Å². The van der Waals surface area contributed by atoms with Gasteiger partial charge in [0.15, 0.2) is 5.78 Å². The first-order valence-corrected chi connectivity index (χ1v) is 6.37. The van der Waals surface area contributed by atoms with Crippen molar-refractivity contribution >= 4 is 21.7 Å². The predicted octanol–water partition coefficient (Wildman–Crippen LogP) is 3.07. The number of carbonyl (C=O) groups is 1. The Morgan fingerprint density at radius 2 is 2.00 bits per heavy atom. The highest BCUT2D eigenvalue weighted by Crippen LogP contribution is 2.16. The highest BCUT2D eigenvalue weighted by Gasteiger charge is 2.08. The molecule has 17 heavy (non-hydrogen) atoms. The number of rotatable bonds is 7. The Balaban J connectivity index is 2.29. The first-order chi connectivity index (χ1) is 8.11. The van der Waals surface area contributed by atoms with Crippen molar-refractivity contribution < 1.29 is 14.3 Å². The van der Waals surface area contributed by atoms with E-state index in [1.807, 2.05) is 32.0 Å². The summed E-state index contributed by atoms with van der Waals surface area (Å²) in [5.74, 6) is -0.0259. The molecule has 0 N–H and O–H groups in total. The van der Waals surface area contributed by atoms with Crippen LogP contribution in [0.4, 0.5) is 0 Å². The van der Waals surface area contributed by atoms with E-state index in [-0.39, 0.29) is 18.5 Å². The van der Waals surface area contributed by atoms with Gasteiger partial charge in [0.05, 0.1) is 19.3 Å². The predicted molar refractivity (Wildman–Crippen MR) is 70.4 cm³/mol. The van der Waals surface area contributed by atoms with Crippen LogP contribution in [0.15, 0.2) is 28.7 Å². The van der Waals surface area contributed by atoms with Gasteiger partial charge in [-0.1, -0.05) is 34.1 Å². The van der Waals surface area contributed by atoms with Gasteiger partial charge in [0.25, 0.3) is 0 Å². The molecule has 0 aliphatic heterocycles. The largest absolute Gasteiger partial charge is 0.376 e. The second-order valence-corrected chi connectivity index (χ2v) is 4.73. The van der Waals surface area contributed by atoms with Crippen molar-refractivity contribution in [2.75, 3.05) is 19.8 Å². The zero-order chi connectivity index (χ0) is 12.7. The number of ether oxygens (including phenoxy) is 2. The summed E-state index contributed by atoms with van der Waals surface area (Å²) in [6.45, 7) is 4.97. The minimum absolute atomic E-state index is 0.0259. The molecule has 0 heterocycles. The van der Waals surface area contributed by atoms with Crippen molar-refractivity contribution in [3.63, 3.8) is 0 Å². The van der Waals surface area contributed by atoms with Crippen LogP contribution in [0.25, 0.3) is 0 Å². The van der Waals surface area contributed by atoms with E-state index in [0.717, 1.165) is 4.47 Å². The highest BCUT2D eigenvalue weighted by atomic mass is 79.9. The first kappa shape index (κ1) is 14.4. The van der Waals surface area contributed by atoms with Crippen LogP contribution in [0.2, 0.25) is 0 Å². The maximum absolute atomic E-state index is 11.8. The maximum Gasteiger partial charge on any atom is 0.189 e. The van der Waals surface area contributed by atoms with Gasteiger partial charge in [-0.2, -0.15) is 0 Å². The standard InChI is InChI=1S/C13H17BrO3/c1-10(2)17-8-7-16-9-13(15)11-5-3-4-6-12(11)14/h3-6,10H,7-9H2,1-2H3. The van der Waals surface area contributed by atoms with E-state index in [1.54, 1.807) is 6.07 Å². The molecule has 0 bridgehead atoms. The van der Waals surface area contributed by atoms with Gasteiger partial charge in [-0.3, -0.25) is 4.79 Å². The molecule has 94 valence electrons. The first-order valence-electron chi connectivity index (χ1n) is 5.58. The molecule has 1 aromatic carbocycles. The number of ketones is 1. The number of halogens is 1. The highest BCUT2D eigenvalue weighted by molar-refractivity contribution is 9.10. The van der Waals surface area contributed by atoms with E-state index in [2.05, 4.69) is 15.9 Å². The molecule has 0 amide bonds. The van der Waals surface area contributed by atoms with Crippen molar-refractivity contribution in [2.45, 2.75) is 20.0 Å². The Labute approximate surface area is 110 Å². The van der Waals surface area contributed by atoms with Crippen LogP contribution in [0.1, 0.15) is 24.2 Å². The number of carbonyl (C=O) groups excluding carboxylic acids is 1. The van der Waals surface area contributed by atoms with Crippen molar-refractivity contribution in [3.8, 4) is 0 Å². The lowest BCUT2D eigenvalue weighted by Gasteiger charge is -2.08. The third-order valence-electron chi connectivity index (χ3n) is 2.09. The summed E-state index contributed by atoms with van der Waals surface area (Å²) in [4.78, 5) is 11.8. The molecule has 0 radical (unpaired) electrons. The fourth-order valence-electron chi connectivity index (χ4n) is 1.27. The van der Waals surface area contributed by atoms with Crippen molar-refractivity contribution in [2.24, 2.45) is 0 Å². The lowest BCUT2D eigenvalue weighted by molar-refractivity contribution is 0.0208. The fraction of sp³-hybridized carbons (Fsp3) is 0.462. The molecule has 0 saturated heterocycles. The van der Waals surface area contributed by atoms with Crippen LogP contribution in [-0.2, 0) is 9.47 Å². The Bertz CT molecular complexity index is 363. The van der Waals surface area contributed by atoms with Crippen molar-refractivity contribution in [3.05, 3.63) is 34.3 Å². The summed E-state index contributed by atoms with van der Waals surface area (Å²) in [5.41, 5.74) is 0.650. The average molecular weight is 301 g/mol. The summed E-state index contributed by atoms with van der Waals surface area (Å²) in [6, 6.07) is 7.33. The molecule has 0 aliphatic rings. The van der Waals surface area contributed by atoms with Crippen LogP contribution in [0.5, 0.6) is 0 Å². The van der Waals surface area contributed by atoms with E-state index in [9.17, 15) is 4.79 Å². The van der Waals surface area contributed by atoms with Crippen molar-refractivity contribution in [1.82, 2.24) is 0 Å². The molecule has 1 rings (SSSR count). The third-order valence-corrected chi connectivity index (χ3v) is 2.78. The number of hydrogen-bond donors (Lipinski definition) is 0. The Hall–Kier alpha value is -0.710. The van der Waals surface area contributed by atoms with Gasteiger partial charge in [-0.15, -0.1) is 0 Å². The van der Waals surface area contributed by atoms with Crippen LogP contribution in [0.3, 0.4) is 0 Å². The van der Waals surface area contributed by atoms with Gasteiger partial charge >= 0.3 is 0 Å². The lowest BCUT2D eigenvalue weighted by atomic mass is 10.1. The Kier molecular flexibility index (Phi) is 6.40. The molecular formula is C13H17BrO3. The van der Waals surface area contributed by atoms with Gasteiger partial charge in [-0.05, 0) is 19.9 Å². The summed E-state index contributed by atoms with van der Waals surface area (Å²) >= 11 is 3.34. The average Bonchev–Trinajstić information content (AvgIpc) is 2.28. The zero-order valence-electron chi connectivity index (χ0n) is 10.1. The molecule has 1 aromatic rings. The number of Topliss-reactive ketones (excluding diaryl/α,β-unsaturated/α-hetero) is 1. The van der Waals surface area contributed by atoms with E-state index >= 15 is 0 Å². The minimum atomic E-state index is -0.0259. The molecule has 0 atom stereocenters. The Morgan fingerprint density at radius 3 is 2.65 bits per heavy atom. The van der Waals surface area contributed by atoms with Gasteiger partial charge < -0.3 is 9.47 Å². The normalized spacial score (nSPS) is 10.8. The Morgan fingerprint density at radius 1 is 1.29 bits per heavy atom. The fourth-order valence-corrected chi connectivity index (χ4v) is 1.78. The molecule has 0 saturated carbocycles. The second kappa shape index (κ2) is 7.58. The van der Waals surface area contributed by atoms with Gasteiger partial charge in [0, 0.05) is 10.0 Å². The van der Waals surface area contributed by atoms with Crippen molar-refractivity contribution in [1.29, 1.82) is 0 Å². The molecular weight excluding hydrogens is 284 g/mol. The molecule has 0 aromatic heterocycles. The molecule has 0 aliphatic carbocycles. The van der Waals surface area contributed by atoms with E-state index in [4.69, 9.17) is 9.47 Å². The second-order valence-electron chi connectivity index (χ2n) is 3.88. The van der Waals surface area contributed by atoms with Crippen LogP contribution >= 0.6 is 15.9 Å².